The fourth-order valence-corrected chi connectivity index (χ4v) is 13.0. The maximum absolute atomic E-state index is 12.4. The number of nitrogens with one attached hydrogen (secondary N) is 2. The summed E-state index contributed by atoms with van der Waals surface area (Å²) >= 11 is 0. The Kier molecular flexibility index (Phi) is 29.6. The molecule has 568 valence electrons. The Bertz CT molecular complexity index is 4830. The zero-order valence-corrected chi connectivity index (χ0v) is 62.7. The lowest BCUT2D eigenvalue weighted by atomic mass is 10.0. The lowest BCUT2D eigenvalue weighted by Crippen LogP contribution is -2.46. The topological polar surface area (TPSA) is 324 Å². The number of halogens is 1. The molecule has 0 saturated carbocycles. The van der Waals surface area contributed by atoms with Crippen LogP contribution in [0.4, 0.5) is 26.2 Å². The van der Waals surface area contributed by atoms with E-state index in [9.17, 15) is 53.4 Å². The van der Waals surface area contributed by atoms with Gasteiger partial charge in [-0.1, -0.05) is 60.2 Å². The molecule has 3 aromatic heterocycles. The molecule has 27 heteroatoms. The van der Waals surface area contributed by atoms with Gasteiger partial charge in [0.05, 0.1) is 82.0 Å². The molecule has 0 bridgehead atoms. The van der Waals surface area contributed by atoms with E-state index in [-0.39, 0.29) is 50.9 Å². The number of nitro benzene ring substituents is 2. The number of piperidine rings is 3. The third kappa shape index (κ3) is 24.6. The fourth-order valence-electron chi connectivity index (χ4n) is 13.0. The smallest absolute Gasteiger partial charge is 0.407 e. The first-order valence-corrected chi connectivity index (χ1v) is 36.1. The number of aromatic nitrogens is 6. The average Bonchev–Trinajstić information content (AvgIpc) is 0.805. The predicted molar refractivity (Wildman–Crippen MR) is 417 cm³/mol. The number of alkyl halides is 1. The molecule has 107 heavy (non-hydrogen) atoms. The van der Waals surface area contributed by atoms with Crippen molar-refractivity contribution in [2.24, 2.45) is 10.7 Å². The molecule has 0 aliphatic carbocycles. The minimum absolute atomic E-state index is 0.0143. The molecule has 26 nitrogen and oxygen atoms in total. The average molecular weight is 1470 g/mol. The van der Waals surface area contributed by atoms with Crippen LogP contribution in [0.2, 0.25) is 0 Å². The van der Waals surface area contributed by atoms with E-state index in [1.54, 1.807) is 36.6 Å². The van der Waals surface area contributed by atoms with Crippen molar-refractivity contribution in [1.29, 1.82) is 0 Å². The van der Waals surface area contributed by atoms with Crippen LogP contribution in [-0.4, -0.2) is 167 Å². The number of rotatable bonds is 16. The van der Waals surface area contributed by atoms with Crippen LogP contribution in [0.15, 0.2) is 147 Å². The summed E-state index contributed by atoms with van der Waals surface area (Å²) in [5.74, 6) is 0.0908. The van der Waals surface area contributed by atoms with Crippen LogP contribution in [0.25, 0.3) is 33.1 Å². The number of carbonyl (C=O) groups excluding carboxylic acids is 3. The molecular formula is C80H100FN15O11. The second-order valence-corrected chi connectivity index (χ2v) is 28.5. The largest absolute Gasteiger partial charge is 0.444 e. The normalized spacial score (nSPS) is 15.1. The molecule has 0 atom stereocenters. The van der Waals surface area contributed by atoms with E-state index in [1.165, 1.54) is 36.4 Å². The number of hydrogen-bond acceptors (Lipinski definition) is 20. The van der Waals surface area contributed by atoms with Crippen LogP contribution in [-0.2, 0) is 42.1 Å². The minimum atomic E-state index is -1.00. The molecule has 7 heterocycles. The van der Waals surface area contributed by atoms with E-state index in [1.807, 2.05) is 143 Å². The number of ketones is 1. The molecule has 4 aliphatic rings. The first-order valence-electron chi connectivity index (χ1n) is 36.8. The SMILES string of the molecule is Cc1ccc(C=O)cc1[N+](=O)[O-].Cc1ccc2c(c1)CC(=O)C=N2.Cc1ccc2ncc(=O)n(CCN3CCC(N)CC3)c2c1.Cc1ccc2ncc(=O)n(CCN3CCC(NC(=O)OC(C)(C)C)CC3)c2c1.Cc1ccc2ncc(=O)n(CCN3CCC(NCc4ccc(C)c([N+](=O)[O-])c4)CC3)c2c1.[2H]CF. The molecule has 3 fully saturated rings. The number of carbonyl (C=O) groups is 3. The fraction of sp³-hybridized carbons (Fsp3) is 0.425. The molecule has 0 spiro atoms. The summed E-state index contributed by atoms with van der Waals surface area (Å²) in [5.41, 5.74) is 19.7. The molecule has 0 unspecified atom stereocenters. The number of ether oxygens (including phenoxy) is 1. The monoisotopic (exact) mass is 1470 g/mol. The molecular weight excluding hydrogens is 1370 g/mol. The van der Waals surface area contributed by atoms with E-state index in [4.69, 9.17) is 11.8 Å². The molecule has 4 aliphatic heterocycles. The van der Waals surface area contributed by atoms with Crippen molar-refractivity contribution in [3.63, 3.8) is 0 Å². The number of hydrogen-bond donors (Lipinski definition) is 3. The first kappa shape index (κ1) is 80.6. The van der Waals surface area contributed by atoms with Crippen LogP contribution in [0.5, 0.6) is 0 Å². The van der Waals surface area contributed by atoms with Crippen LogP contribution < -0.4 is 33.0 Å². The second-order valence-electron chi connectivity index (χ2n) is 28.5. The summed E-state index contributed by atoms with van der Waals surface area (Å²) in [6.45, 7) is 27.9. The van der Waals surface area contributed by atoms with E-state index in [0.29, 0.717) is 67.7 Å². The number of alkyl carbamates (subject to hydrolysis) is 1. The number of nitrogens with two attached hydrogens (primary N) is 1. The highest BCUT2D eigenvalue weighted by Crippen LogP contribution is 2.25. The van der Waals surface area contributed by atoms with Crippen molar-refractivity contribution in [2.75, 3.05) is 66.1 Å². The summed E-state index contributed by atoms with van der Waals surface area (Å²) in [7, 11) is -1.00. The van der Waals surface area contributed by atoms with Crippen molar-refractivity contribution >= 4 is 74.5 Å². The summed E-state index contributed by atoms with van der Waals surface area (Å²) in [5, 5.41) is 28.0. The van der Waals surface area contributed by atoms with E-state index >= 15 is 0 Å². The number of amides is 1. The van der Waals surface area contributed by atoms with Gasteiger partial charge in [0.1, 0.15) is 11.9 Å². The summed E-state index contributed by atoms with van der Waals surface area (Å²) in [4.78, 5) is 115. The van der Waals surface area contributed by atoms with Gasteiger partial charge in [-0.2, -0.15) is 0 Å². The summed E-state index contributed by atoms with van der Waals surface area (Å²) < 4.78 is 26.3. The van der Waals surface area contributed by atoms with Gasteiger partial charge in [-0.3, -0.25) is 53.6 Å². The molecule has 6 aromatic carbocycles. The highest BCUT2D eigenvalue weighted by atomic mass is 19.1. The molecule has 13 rings (SSSR count). The van der Waals surface area contributed by atoms with Crippen molar-refractivity contribution < 1.29 is 34.7 Å². The first-order chi connectivity index (χ1) is 51.6. The van der Waals surface area contributed by atoms with Crippen LogP contribution in [0, 0.1) is 61.8 Å². The maximum Gasteiger partial charge on any atom is 0.407 e. The minimum Gasteiger partial charge on any atom is -0.444 e. The molecule has 4 N–H and O–H groups in total. The third-order valence-corrected chi connectivity index (χ3v) is 19.0. The van der Waals surface area contributed by atoms with Crippen LogP contribution in [0.3, 0.4) is 0 Å². The number of aryl methyl sites for hydroxylation is 6. The molecule has 1 amide bonds. The zero-order chi connectivity index (χ0) is 78.2. The lowest BCUT2D eigenvalue weighted by molar-refractivity contribution is -0.385. The maximum atomic E-state index is 12.4. The summed E-state index contributed by atoms with van der Waals surface area (Å²) in [6, 6.07) is 34.6. The zero-order valence-electron chi connectivity index (χ0n) is 63.7. The van der Waals surface area contributed by atoms with Crippen molar-refractivity contribution in [1.82, 2.24) is 54.0 Å². The molecule has 0 radical (unpaired) electrons. The lowest BCUT2D eigenvalue weighted by Gasteiger charge is -2.33. The van der Waals surface area contributed by atoms with Gasteiger partial charge in [0.2, 0.25) is 0 Å². The number of likely N-dealkylation sites (tertiary alicyclic amines) is 3. The van der Waals surface area contributed by atoms with Gasteiger partial charge in [-0.15, -0.1) is 0 Å². The number of nitrogens with zero attached hydrogens (tertiary/aromatic N) is 12. The van der Waals surface area contributed by atoms with Crippen molar-refractivity contribution in [2.45, 2.75) is 157 Å². The predicted octanol–water partition coefficient (Wildman–Crippen LogP) is 11.1. The highest BCUT2D eigenvalue weighted by Gasteiger charge is 2.25. The Morgan fingerprint density at radius 2 is 1.00 bits per heavy atom. The Labute approximate surface area is 623 Å². The van der Waals surface area contributed by atoms with Gasteiger partial charge < -0.3 is 49.5 Å². The highest BCUT2D eigenvalue weighted by molar-refractivity contribution is 6.29. The quantitative estimate of drug-likeness (QED) is 0.0460. The number of Topliss-reactive ketones (excluding diaryl/α,β-unsaturated/α-hetero) is 1. The molecule has 3 saturated heterocycles. The standard InChI is InChI=1S/C24H29N5O3.C21H30N4O3.C16H22N4O.C10H9NO.C8H7NO3.CH3F/c1-17-3-6-21-23(13-17)28(24(30)16-26-21)12-11-27-9-7-20(8-10-27)25-15-19-5-4-18(2)22(14-19)29(31)32;1-15-5-6-17-18(13-15)25(19(26)14-22-17)12-11-24-9-7-16(8-10-24)23-20(27)28-21(2,3)4;1-12-2-3-14-15(10-12)20(16(21)11-18-14)9-8-19-6-4-13(17)5-7-19;1-7-2-3-10-8(4-7)5-9(12)6-11-10;1-6-2-3-7(5-10)4-8(6)9(11)12;1-2/h3-6,13-14,16,20,25H,7-12,15H2,1-2H3;5-6,13-14,16H,7-12H2,1-4H3,(H,23,27);2-3,10-11,13H,4-9,17H2,1H3;2-4,6H,5H2,1H3;2-5H,1H3;1H3/i;;;;;1D. The van der Waals surface area contributed by atoms with Gasteiger partial charge in [-0.25, -0.2) is 19.7 Å². The third-order valence-electron chi connectivity index (χ3n) is 19.0. The second kappa shape index (κ2) is 39.2. The molecule has 9 aromatic rings. The van der Waals surface area contributed by atoms with Gasteiger partial charge >= 0.3 is 6.09 Å². The Morgan fingerprint density at radius 1 is 0.589 bits per heavy atom. The summed E-state index contributed by atoms with van der Waals surface area (Å²) in [6.07, 6.45) is 12.2. The van der Waals surface area contributed by atoms with Crippen LogP contribution in [0.1, 0.15) is 116 Å². The number of benzene rings is 6. The van der Waals surface area contributed by atoms with Gasteiger partial charge in [0.25, 0.3) is 28.1 Å². The number of aldehydes is 1. The van der Waals surface area contributed by atoms with Crippen LogP contribution >= 0.6 is 0 Å². The Hall–Kier alpha value is -10.5. The Balaban J connectivity index is 0.000000176. The van der Waals surface area contributed by atoms with Crippen molar-refractivity contribution in [3.05, 3.63) is 229 Å². The van der Waals surface area contributed by atoms with E-state index < -0.39 is 17.7 Å². The van der Waals surface area contributed by atoms with Gasteiger partial charge in [-0.05, 0) is 197 Å². The number of nitro groups is 2. The van der Waals surface area contributed by atoms with Gasteiger partial charge in [0.15, 0.2) is 5.78 Å². The Morgan fingerprint density at radius 3 is 1.44 bits per heavy atom. The van der Waals surface area contributed by atoms with E-state index in [2.05, 4.69) is 45.3 Å². The van der Waals surface area contributed by atoms with E-state index in [0.717, 1.165) is 164 Å². The number of aliphatic imine (C=N–C) groups is 1. The number of fused-ring (bicyclic) bond motifs is 4. The van der Waals surface area contributed by atoms with Gasteiger partial charge in [0, 0.05) is 112 Å². The van der Waals surface area contributed by atoms with Crippen molar-refractivity contribution in [3.8, 4) is 0 Å².